The molecular formula is C14H18N4. The van der Waals surface area contributed by atoms with Crippen molar-refractivity contribution >= 4 is 0 Å². The van der Waals surface area contributed by atoms with Gasteiger partial charge in [0.25, 0.3) is 0 Å². The van der Waals surface area contributed by atoms with E-state index >= 15 is 0 Å². The minimum Gasteiger partial charge on any atom is -0.310 e. The molecule has 0 aromatic carbocycles. The van der Waals surface area contributed by atoms with Gasteiger partial charge >= 0.3 is 0 Å². The summed E-state index contributed by atoms with van der Waals surface area (Å²) >= 11 is 0. The van der Waals surface area contributed by atoms with Gasteiger partial charge in [-0.15, -0.1) is 0 Å². The molecule has 0 bridgehead atoms. The number of aryl methyl sites for hydroxylation is 2. The van der Waals surface area contributed by atoms with Crippen molar-refractivity contribution in [3.05, 3.63) is 41.6 Å². The van der Waals surface area contributed by atoms with Gasteiger partial charge in [0.05, 0.1) is 0 Å². The number of pyridine rings is 1. The summed E-state index contributed by atoms with van der Waals surface area (Å²) in [6.45, 7) is 4.96. The SMILES string of the molecule is Cc1cc(CNC2CC2)cc(-n2ccnc2C)n1. The number of rotatable bonds is 4. The van der Waals surface area contributed by atoms with Crippen LogP contribution in [0.1, 0.15) is 29.9 Å². The fourth-order valence-corrected chi connectivity index (χ4v) is 2.12. The fraction of sp³-hybridized carbons (Fsp3) is 0.429. The lowest BCUT2D eigenvalue weighted by molar-refractivity contribution is 0.685. The molecule has 0 radical (unpaired) electrons. The van der Waals surface area contributed by atoms with Crippen molar-refractivity contribution in [2.75, 3.05) is 0 Å². The van der Waals surface area contributed by atoms with Gasteiger partial charge in [0.2, 0.25) is 0 Å². The van der Waals surface area contributed by atoms with E-state index in [1.54, 1.807) is 0 Å². The van der Waals surface area contributed by atoms with Crippen molar-refractivity contribution in [3.8, 4) is 5.82 Å². The number of imidazole rings is 1. The van der Waals surface area contributed by atoms with Gasteiger partial charge in [-0.2, -0.15) is 0 Å². The standard InChI is InChI=1S/C14H18N4/c1-10-7-12(9-16-13-3-4-13)8-14(17-10)18-6-5-15-11(18)2/h5-8,13,16H,3-4,9H2,1-2H3. The van der Waals surface area contributed by atoms with Crippen molar-refractivity contribution in [2.24, 2.45) is 0 Å². The maximum atomic E-state index is 4.58. The maximum Gasteiger partial charge on any atom is 0.138 e. The van der Waals surface area contributed by atoms with Gasteiger partial charge in [-0.25, -0.2) is 9.97 Å². The Labute approximate surface area is 107 Å². The molecule has 0 amide bonds. The molecule has 1 N–H and O–H groups in total. The van der Waals surface area contributed by atoms with Gasteiger partial charge in [-0.1, -0.05) is 0 Å². The summed E-state index contributed by atoms with van der Waals surface area (Å²) in [6.07, 6.45) is 6.39. The van der Waals surface area contributed by atoms with E-state index in [4.69, 9.17) is 0 Å². The Hall–Kier alpha value is -1.68. The number of hydrogen-bond acceptors (Lipinski definition) is 3. The van der Waals surface area contributed by atoms with Gasteiger partial charge < -0.3 is 5.32 Å². The second kappa shape index (κ2) is 4.53. The van der Waals surface area contributed by atoms with Gasteiger partial charge in [0, 0.05) is 30.7 Å². The first-order valence-electron chi connectivity index (χ1n) is 6.43. The molecule has 1 saturated carbocycles. The first-order chi connectivity index (χ1) is 8.72. The van der Waals surface area contributed by atoms with Crippen LogP contribution >= 0.6 is 0 Å². The van der Waals surface area contributed by atoms with E-state index in [0.717, 1.165) is 29.9 Å². The van der Waals surface area contributed by atoms with E-state index in [0.29, 0.717) is 0 Å². The van der Waals surface area contributed by atoms with Crippen LogP contribution in [0.3, 0.4) is 0 Å². The molecular weight excluding hydrogens is 224 g/mol. The minimum atomic E-state index is 0.733. The van der Waals surface area contributed by atoms with Gasteiger partial charge in [-0.05, 0) is 44.4 Å². The molecule has 4 heteroatoms. The summed E-state index contributed by atoms with van der Waals surface area (Å²) in [7, 11) is 0. The van der Waals surface area contributed by atoms with Crippen molar-refractivity contribution in [1.29, 1.82) is 0 Å². The largest absolute Gasteiger partial charge is 0.310 e. The van der Waals surface area contributed by atoms with Crippen molar-refractivity contribution in [1.82, 2.24) is 19.9 Å². The van der Waals surface area contributed by atoms with Crippen LogP contribution in [-0.4, -0.2) is 20.6 Å². The van der Waals surface area contributed by atoms with Crippen molar-refractivity contribution in [2.45, 2.75) is 39.3 Å². The molecule has 2 heterocycles. The zero-order valence-corrected chi connectivity index (χ0v) is 10.8. The zero-order chi connectivity index (χ0) is 12.5. The molecule has 2 aromatic heterocycles. The number of hydrogen-bond donors (Lipinski definition) is 1. The van der Waals surface area contributed by atoms with Crippen LogP contribution < -0.4 is 5.32 Å². The summed E-state index contributed by atoms with van der Waals surface area (Å²) in [5, 5.41) is 3.53. The van der Waals surface area contributed by atoms with Gasteiger partial charge in [-0.3, -0.25) is 4.57 Å². The van der Waals surface area contributed by atoms with Crippen molar-refractivity contribution in [3.63, 3.8) is 0 Å². The normalized spacial score (nSPS) is 15.0. The monoisotopic (exact) mass is 242 g/mol. The third-order valence-corrected chi connectivity index (χ3v) is 3.24. The Balaban J connectivity index is 1.87. The minimum absolute atomic E-state index is 0.733. The van der Waals surface area contributed by atoms with Crippen LogP contribution in [0, 0.1) is 13.8 Å². The molecule has 1 aliphatic rings. The molecule has 4 nitrogen and oxygen atoms in total. The van der Waals surface area contributed by atoms with Crippen LogP contribution in [-0.2, 0) is 6.54 Å². The summed E-state index contributed by atoms with van der Waals surface area (Å²) in [5.41, 5.74) is 2.34. The van der Waals surface area contributed by atoms with Gasteiger partial charge in [0.15, 0.2) is 0 Å². The highest BCUT2D eigenvalue weighted by atomic mass is 15.1. The topological polar surface area (TPSA) is 42.7 Å². The Morgan fingerprint density at radius 1 is 1.33 bits per heavy atom. The molecule has 0 atom stereocenters. The average Bonchev–Trinajstić information content (AvgIpc) is 3.07. The second-order valence-corrected chi connectivity index (χ2v) is 4.97. The maximum absolute atomic E-state index is 4.58. The molecule has 1 aliphatic carbocycles. The highest BCUT2D eigenvalue weighted by molar-refractivity contribution is 5.32. The average molecular weight is 242 g/mol. The predicted molar refractivity (Wildman–Crippen MR) is 70.7 cm³/mol. The third kappa shape index (κ3) is 2.43. The van der Waals surface area contributed by atoms with Crippen molar-refractivity contribution < 1.29 is 0 Å². The summed E-state index contributed by atoms with van der Waals surface area (Å²) < 4.78 is 2.02. The molecule has 18 heavy (non-hydrogen) atoms. The van der Waals surface area contributed by atoms with Crippen LogP contribution in [0.25, 0.3) is 5.82 Å². The van der Waals surface area contributed by atoms with Crippen LogP contribution in [0.5, 0.6) is 0 Å². The summed E-state index contributed by atoms with van der Waals surface area (Å²) in [5.74, 6) is 1.92. The molecule has 94 valence electrons. The van der Waals surface area contributed by atoms with E-state index < -0.39 is 0 Å². The Morgan fingerprint density at radius 3 is 2.83 bits per heavy atom. The quantitative estimate of drug-likeness (QED) is 0.893. The van der Waals surface area contributed by atoms with Gasteiger partial charge in [0.1, 0.15) is 11.6 Å². The zero-order valence-electron chi connectivity index (χ0n) is 10.8. The van der Waals surface area contributed by atoms with E-state index in [1.165, 1.54) is 18.4 Å². The van der Waals surface area contributed by atoms with Crippen LogP contribution in [0.2, 0.25) is 0 Å². The number of nitrogens with zero attached hydrogens (tertiary/aromatic N) is 3. The highest BCUT2D eigenvalue weighted by Gasteiger charge is 2.20. The lowest BCUT2D eigenvalue weighted by Crippen LogP contribution is -2.16. The highest BCUT2D eigenvalue weighted by Crippen LogP contribution is 2.20. The molecule has 0 aliphatic heterocycles. The van der Waals surface area contributed by atoms with E-state index in [2.05, 4.69) is 27.4 Å². The van der Waals surface area contributed by atoms with E-state index in [1.807, 2.05) is 30.8 Å². The Kier molecular flexibility index (Phi) is 2.88. The third-order valence-electron chi connectivity index (χ3n) is 3.24. The predicted octanol–water partition coefficient (Wildman–Crippen LogP) is 2.14. The smallest absolute Gasteiger partial charge is 0.138 e. The molecule has 0 saturated heterocycles. The fourth-order valence-electron chi connectivity index (χ4n) is 2.12. The Morgan fingerprint density at radius 2 is 2.17 bits per heavy atom. The molecule has 0 spiro atoms. The van der Waals surface area contributed by atoms with Crippen LogP contribution in [0.15, 0.2) is 24.5 Å². The molecule has 3 rings (SSSR count). The Bertz CT molecular complexity index is 555. The summed E-state index contributed by atoms with van der Waals surface area (Å²) in [6, 6.07) is 5.01. The number of nitrogens with one attached hydrogen (secondary N) is 1. The lowest BCUT2D eigenvalue weighted by Gasteiger charge is -2.09. The molecule has 0 unspecified atom stereocenters. The molecule has 2 aromatic rings. The summed E-state index contributed by atoms with van der Waals surface area (Å²) in [4.78, 5) is 8.82. The van der Waals surface area contributed by atoms with E-state index in [9.17, 15) is 0 Å². The number of aromatic nitrogens is 3. The lowest BCUT2D eigenvalue weighted by atomic mass is 10.2. The second-order valence-electron chi connectivity index (χ2n) is 4.97. The van der Waals surface area contributed by atoms with E-state index in [-0.39, 0.29) is 0 Å². The molecule has 1 fully saturated rings. The first kappa shape index (κ1) is 11.4. The first-order valence-corrected chi connectivity index (χ1v) is 6.43. The van der Waals surface area contributed by atoms with Crippen LogP contribution in [0.4, 0.5) is 0 Å².